The Kier molecular flexibility index (Phi) is 4.31. The number of carbonyl (C=O) groups excluding carboxylic acids is 1. The molecule has 0 atom stereocenters. The number of H-pyrrole nitrogens is 1. The molecule has 10 heteroatoms. The van der Waals surface area contributed by atoms with Crippen LogP contribution in [0, 0.1) is 0 Å². The van der Waals surface area contributed by atoms with Crippen molar-refractivity contribution in [3.63, 3.8) is 0 Å². The molecule has 0 radical (unpaired) electrons. The average molecular weight is 406 g/mol. The molecule has 2 aromatic heterocycles. The fraction of sp³-hybridized carbons (Fsp3) is 0.0556. The monoisotopic (exact) mass is 405 g/mol. The number of aromatic nitrogens is 4. The molecule has 2 aromatic carbocycles. The maximum absolute atomic E-state index is 13.7. The van der Waals surface area contributed by atoms with Crippen LogP contribution in [0.25, 0.3) is 16.6 Å². The molecule has 0 bridgehead atoms. The Balaban J connectivity index is 1.72. The first-order valence-electron chi connectivity index (χ1n) is 7.98. The van der Waals surface area contributed by atoms with E-state index in [1.54, 1.807) is 24.4 Å². The summed E-state index contributed by atoms with van der Waals surface area (Å²) in [6, 6.07) is 10.5. The number of carbonyl (C=O) groups is 1. The minimum atomic E-state index is -4.80. The lowest BCUT2D eigenvalue weighted by Gasteiger charge is -2.13. The highest BCUT2D eigenvalue weighted by Crippen LogP contribution is 2.34. The molecule has 0 aliphatic rings. The second-order valence-corrected chi connectivity index (χ2v) is 6.36. The van der Waals surface area contributed by atoms with E-state index in [9.17, 15) is 18.0 Å². The van der Waals surface area contributed by atoms with Gasteiger partial charge in [0.25, 0.3) is 5.91 Å². The molecule has 4 aromatic rings. The van der Waals surface area contributed by atoms with Gasteiger partial charge in [-0.3, -0.25) is 9.89 Å². The summed E-state index contributed by atoms with van der Waals surface area (Å²) in [5, 5.41) is 14.0. The number of nitrogens with zero attached hydrogens (tertiary/aromatic N) is 3. The third kappa shape index (κ3) is 3.31. The lowest BCUT2D eigenvalue weighted by atomic mass is 10.2. The normalized spacial score (nSPS) is 11.7. The standard InChI is InChI=1S/C18H11ClF3N5O/c19-11-2-5-13(6-3-11)27-16(18(20,21)22)14(9-24-27)17(28)25-12-4-1-10-8-23-26-15(10)7-12/h1-9H,(H,23,26)(H,25,28). The van der Waals surface area contributed by atoms with E-state index in [1.807, 2.05) is 0 Å². The SMILES string of the molecule is O=C(Nc1ccc2cn[nH]c2c1)c1cnn(-c2ccc(Cl)cc2)c1C(F)(F)F. The molecule has 0 unspecified atom stereocenters. The van der Waals surface area contributed by atoms with Crippen LogP contribution in [0.15, 0.2) is 54.9 Å². The summed E-state index contributed by atoms with van der Waals surface area (Å²) in [6.45, 7) is 0. The van der Waals surface area contributed by atoms with Crippen LogP contribution >= 0.6 is 11.6 Å². The van der Waals surface area contributed by atoms with Gasteiger partial charge >= 0.3 is 6.18 Å². The number of anilines is 1. The average Bonchev–Trinajstić information content (AvgIpc) is 3.28. The highest BCUT2D eigenvalue weighted by Gasteiger charge is 2.40. The molecule has 1 amide bonds. The zero-order chi connectivity index (χ0) is 19.9. The molecule has 2 N–H and O–H groups in total. The molecule has 0 spiro atoms. The fourth-order valence-electron chi connectivity index (χ4n) is 2.78. The number of hydrogen-bond donors (Lipinski definition) is 2. The summed E-state index contributed by atoms with van der Waals surface area (Å²) < 4.78 is 41.7. The molecule has 0 fully saturated rings. The Morgan fingerprint density at radius 1 is 1.11 bits per heavy atom. The number of halogens is 4. The van der Waals surface area contributed by atoms with E-state index in [0.717, 1.165) is 11.6 Å². The van der Waals surface area contributed by atoms with Crippen molar-refractivity contribution >= 4 is 34.1 Å². The van der Waals surface area contributed by atoms with E-state index in [0.29, 0.717) is 20.9 Å². The smallest absolute Gasteiger partial charge is 0.322 e. The van der Waals surface area contributed by atoms with Crippen LogP contribution < -0.4 is 5.32 Å². The molecular weight excluding hydrogens is 395 g/mol. The molecule has 142 valence electrons. The third-order valence-electron chi connectivity index (χ3n) is 4.05. The first kappa shape index (κ1) is 18.1. The van der Waals surface area contributed by atoms with Crippen LogP contribution in [0.1, 0.15) is 16.1 Å². The van der Waals surface area contributed by atoms with Crippen LogP contribution in [0.5, 0.6) is 0 Å². The summed E-state index contributed by atoms with van der Waals surface area (Å²) in [5.74, 6) is -0.925. The van der Waals surface area contributed by atoms with Crippen LogP contribution in [-0.2, 0) is 6.18 Å². The molecule has 0 aliphatic carbocycles. The Morgan fingerprint density at radius 3 is 2.57 bits per heavy atom. The predicted octanol–water partition coefficient (Wildman–Crippen LogP) is 4.67. The van der Waals surface area contributed by atoms with Gasteiger partial charge in [-0.15, -0.1) is 0 Å². The van der Waals surface area contributed by atoms with E-state index in [2.05, 4.69) is 20.6 Å². The predicted molar refractivity (Wildman–Crippen MR) is 97.6 cm³/mol. The van der Waals surface area contributed by atoms with E-state index in [1.165, 1.54) is 24.3 Å². The molecule has 0 saturated carbocycles. The molecule has 28 heavy (non-hydrogen) atoms. The van der Waals surface area contributed by atoms with Gasteiger partial charge in [0, 0.05) is 16.1 Å². The van der Waals surface area contributed by atoms with Crippen LogP contribution in [-0.4, -0.2) is 25.9 Å². The summed E-state index contributed by atoms with van der Waals surface area (Å²) in [6.07, 6.45) is -2.31. The zero-order valence-corrected chi connectivity index (χ0v) is 14.7. The van der Waals surface area contributed by atoms with Gasteiger partial charge in [0.05, 0.1) is 29.2 Å². The zero-order valence-electron chi connectivity index (χ0n) is 14.0. The summed E-state index contributed by atoms with van der Waals surface area (Å²) >= 11 is 5.78. The topological polar surface area (TPSA) is 75.6 Å². The lowest BCUT2D eigenvalue weighted by Crippen LogP contribution is -2.20. The van der Waals surface area contributed by atoms with Gasteiger partial charge in [0.2, 0.25) is 0 Å². The number of amides is 1. The van der Waals surface area contributed by atoms with Crippen molar-refractivity contribution in [2.24, 2.45) is 0 Å². The Bertz CT molecular complexity index is 1160. The van der Waals surface area contributed by atoms with Gasteiger partial charge in [-0.25, -0.2) is 4.68 Å². The third-order valence-corrected chi connectivity index (χ3v) is 4.31. The molecular formula is C18H11ClF3N5O. The Morgan fingerprint density at radius 2 is 1.86 bits per heavy atom. The number of rotatable bonds is 3. The number of alkyl halides is 3. The van der Waals surface area contributed by atoms with Crippen molar-refractivity contribution in [3.05, 3.63) is 71.1 Å². The maximum atomic E-state index is 13.7. The number of hydrogen-bond acceptors (Lipinski definition) is 3. The van der Waals surface area contributed by atoms with Gasteiger partial charge < -0.3 is 5.32 Å². The van der Waals surface area contributed by atoms with Crippen molar-refractivity contribution in [2.75, 3.05) is 5.32 Å². The van der Waals surface area contributed by atoms with Crippen molar-refractivity contribution in [1.29, 1.82) is 0 Å². The van der Waals surface area contributed by atoms with Gasteiger partial charge in [-0.1, -0.05) is 11.6 Å². The van der Waals surface area contributed by atoms with Crippen molar-refractivity contribution < 1.29 is 18.0 Å². The van der Waals surface area contributed by atoms with Crippen molar-refractivity contribution in [3.8, 4) is 5.69 Å². The number of benzene rings is 2. The van der Waals surface area contributed by atoms with Crippen LogP contribution in [0.3, 0.4) is 0 Å². The highest BCUT2D eigenvalue weighted by molar-refractivity contribution is 6.30. The maximum Gasteiger partial charge on any atom is 0.434 e. The second kappa shape index (κ2) is 6.68. The molecule has 4 rings (SSSR count). The van der Waals surface area contributed by atoms with E-state index >= 15 is 0 Å². The summed E-state index contributed by atoms with van der Waals surface area (Å²) in [7, 11) is 0. The molecule has 2 heterocycles. The number of fused-ring (bicyclic) bond motifs is 1. The van der Waals surface area contributed by atoms with E-state index in [4.69, 9.17) is 11.6 Å². The number of aromatic amines is 1. The fourth-order valence-corrected chi connectivity index (χ4v) is 2.90. The van der Waals surface area contributed by atoms with Crippen molar-refractivity contribution in [2.45, 2.75) is 6.18 Å². The van der Waals surface area contributed by atoms with E-state index < -0.39 is 23.3 Å². The van der Waals surface area contributed by atoms with Crippen LogP contribution in [0.4, 0.5) is 18.9 Å². The van der Waals surface area contributed by atoms with Gasteiger partial charge in [-0.05, 0) is 42.5 Å². The van der Waals surface area contributed by atoms with Crippen molar-refractivity contribution in [1.82, 2.24) is 20.0 Å². The Hall–Kier alpha value is -3.33. The molecule has 0 saturated heterocycles. The first-order valence-corrected chi connectivity index (χ1v) is 8.36. The van der Waals surface area contributed by atoms with E-state index in [-0.39, 0.29) is 5.69 Å². The second-order valence-electron chi connectivity index (χ2n) is 5.92. The minimum absolute atomic E-state index is 0.134. The lowest BCUT2D eigenvalue weighted by molar-refractivity contribution is -0.143. The minimum Gasteiger partial charge on any atom is -0.322 e. The molecule has 0 aliphatic heterocycles. The first-order chi connectivity index (χ1) is 13.3. The quantitative estimate of drug-likeness (QED) is 0.520. The van der Waals surface area contributed by atoms with Gasteiger partial charge in [-0.2, -0.15) is 23.4 Å². The van der Waals surface area contributed by atoms with Crippen LogP contribution in [0.2, 0.25) is 5.02 Å². The van der Waals surface area contributed by atoms with Gasteiger partial charge in [0.15, 0.2) is 5.69 Å². The molecule has 6 nitrogen and oxygen atoms in total. The highest BCUT2D eigenvalue weighted by atomic mass is 35.5. The number of nitrogens with one attached hydrogen (secondary N) is 2. The summed E-state index contributed by atoms with van der Waals surface area (Å²) in [5.41, 5.74) is -0.656. The summed E-state index contributed by atoms with van der Waals surface area (Å²) in [4.78, 5) is 12.5. The largest absolute Gasteiger partial charge is 0.434 e. The van der Waals surface area contributed by atoms with Gasteiger partial charge in [0.1, 0.15) is 0 Å². The Labute approximate surface area is 160 Å².